The molecule has 6 aliphatic heterocycles. The third-order valence-corrected chi connectivity index (χ3v) is 28.8. The normalized spacial score (nSPS) is 23.2. The van der Waals surface area contributed by atoms with Gasteiger partial charge in [0.2, 0.25) is 0 Å². The molecule has 0 radical (unpaired) electrons. The van der Waals surface area contributed by atoms with Gasteiger partial charge in [-0.3, -0.25) is 0 Å². The summed E-state index contributed by atoms with van der Waals surface area (Å²) in [5.41, 5.74) is 2.86. The van der Waals surface area contributed by atoms with Crippen LogP contribution in [0.5, 0.6) is 0 Å². The van der Waals surface area contributed by atoms with Crippen molar-refractivity contribution in [1.29, 1.82) is 0 Å². The van der Waals surface area contributed by atoms with Gasteiger partial charge in [0.15, 0.2) is 0 Å². The van der Waals surface area contributed by atoms with E-state index in [-0.39, 0.29) is 0 Å². The topological polar surface area (TPSA) is 0 Å². The third kappa shape index (κ3) is 7.41. The number of rotatable bonds is 6. The van der Waals surface area contributed by atoms with Crippen LogP contribution in [0.25, 0.3) is 0 Å². The van der Waals surface area contributed by atoms with Crippen LogP contribution in [0.3, 0.4) is 0 Å². The third-order valence-electron chi connectivity index (χ3n) is 4.79. The summed E-state index contributed by atoms with van der Waals surface area (Å²) in [7, 11) is 0. The van der Waals surface area contributed by atoms with Gasteiger partial charge in [-0.1, -0.05) is 152 Å². The van der Waals surface area contributed by atoms with Gasteiger partial charge < -0.3 is 0 Å². The first kappa shape index (κ1) is 32.5. The number of hydrogen-bond acceptors (Lipinski definition) is 16. The SMILES string of the molecule is CSC1=C(SCSC2=C(SC)SC(=C3SC4=C(SC(=C(C)C)S4)S3)S2)SC(=C2SC3=C(SC(=C(C)C)S3)S2)S1. The Balaban J connectivity index is 1.04. The minimum absolute atomic E-state index is 1.06. The second-order valence-corrected chi connectivity index (χ2v) is 27.9. The van der Waals surface area contributed by atoms with E-state index >= 15 is 0 Å². The molecule has 0 aromatic heterocycles. The lowest BCUT2D eigenvalue weighted by Gasteiger charge is -2.07. The average molecular weight is 809 g/mol. The molecular formula is C23H20S16. The van der Waals surface area contributed by atoms with E-state index in [1.54, 1.807) is 0 Å². The van der Waals surface area contributed by atoms with Crippen LogP contribution >= 0.6 is 188 Å². The first-order chi connectivity index (χ1) is 18.8. The zero-order valence-electron chi connectivity index (χ0n) is 21.2. The first-order valence-electron chi connectivity index (χ1n) is 11.1. The van der Waals surface area contributed by atoms with Gasteiger partial charge in [0.25, 0.3) is 0 Å². The molecule has 0 saturated heterocycles. The molecule has 208 valence electrons. The van der Waals surface area contributed by atoms with Gasteiger partial charge in [-0.15, -0.1) is 47.0 Å². The van der Waals surface area contributed by atoms with E-state index in [1.165, 1.54) is 70.5 Å². The predicted octanol–water partition coefficient (Wildman–Crippen LogP) is 15.3. The van der Waals surface area contributed by atoms with Crippen LogP contribution in [-0.4, -0.2) is 17.6 Å². The predicted molar refractivity (Wildman–Crippen MR) is 217 cm³/mol. The standard InChI is InChI=1S/C23H20S16/c1-8(2)10-28-16-17(29-10)37-22(36-16)20-32-12(24-5)14(34-20)26-7-27-15-13(25-6)33-21(35-15)23-38-18-19(39-23)31-11(30-18)9(3)4/h7H2,1-6H3. The van der Waals surface area contributed by atoms with Crippen LogP contribution < -0.4 is 0 Å². The molecule has 0 amide bonds. The second-order valence-electron chi connectivity index (χ2n) is 8.06. The summed E-state index contributed by atoms with van der Waals surface area (Å²) in [6.07, 6.45) is 4.44. The Labute approximate surface area is 299 Å². The summed E-state index contributed by atoms with van der Waals surface area (Å²) in [6.45, 7) is 8.88. The maximum atomic E-state index is 2.22. The Kier molecular flexibility index (Phi) is 12.1. The van der Waals surface area contributed by atoms with Crippen molar-refractivity contribution in [3.05, 3.63) is 70.5 Å². The molecule has 0 bridgehead atoms. The highest BCUT2D eigenvalue weighted by molar-refractivity contribution is 8.51. The molecule has 0 unspecified atom stereocenters. The van der Waals surface area contributed by atoms with Crippen LogP contribution in [0, 0.1) is 0 Å². The Morgan fingerprint density at radius 2 is 0.692 bits per heavy atom. The van der Waals surface area contributed by atoms with Crippen LogP contribution in [0.1, 0.15) is 27.7 Å². The molecule has 0 N–H and O–H groups in total. The van der Waals surface area contributed by atoms with Gasteiger partial charge in [0.05, 0.1) is 50.8 Å². The maximum absolute atomic E-state index is 2.22. The molecule has 6 rings (SSSR count). The lowest BCUT2D eigenvalue weighted by Crippen LogP contribution is -1.75. The fourth-order valence-corrected chi connectivity index (χ4v) is 27.5. The van der Waals surface area contributed by atoms with Crippen LogP contribution in [0.15, 0.2) is 70.5 Å². The van der Waals surface area contributed by atoms with Crippen molar-refractivity contribution >= 4 is 188 Å². The summed E-state index contributed by atoms with van der Waals surface area (Å²) in [5.74, 6) is 0. The first-order valence-corrected chi connectivity index (χ1v) is 25.3. The van der Waals surface area contributed by atoms with Crippen LogP contribution in [0.4, 0.5) is 0 Å². The van der Waals surface area contributed by atoms with E-state index in [0.717, 1.165) is 5.08 Å². The molecule has 0 aromatic carbocycles. The van der Waals surface area contributed by atoms with E-state index in [0.29, 0.717) is 0 Å². The van der Waals surface area contributed by atoms with Gasteiger partial charge in [-0.2, -0.15) is 0 Å². The molecule has 0 spiro atoms. The van der Waals surface area contributed by atoms with Crippen molar-refractivity contribution in [2.45, 2.75) is 27.7 Å². The van der Waals surface area contributed by atoms with Crippen molar-refractivity contribution < 1.29 is 0 Å². The monoisotopic (exact) mass is 808 g/mol. The minimum Gasteiger partial charge on any atom is -0.121 e. The molecule has 6 heterocycles. The van der Waals surface area contributed by atoms with E-state index in [4.69, 9.17) is 0 Å². The highest BCUT2D eigenvalue weighted by Gasteiger charge is 2.36. The highest BCUT2D eigenvalue weighted by atomic mass is 32.3. The molecule has 6 aliphatic rings. The summed E-state index contributed by atoms with van der Waals surface area (Å²) in [4.78, 5) is 0. The Morgan fingerprint density at radius 1 is 0.410 bits per heavy atom. The number of allylic oxidation sites excluding steroid dienone is 2. The van der Waals surface area contributed by atoms with E-state index < -0.39 is 0 Å². The van der Waals surface area contributed by atoms with Gasteiger partial charge in [0, 0.05) is 13.6 Å². The molecule has 0 aliphatic carbocycles. The largest absolute Gasteiger partial charge is 0.121 e. The van der Waals surface area contributed by atoms with Crippen molar-refractivity contribution in [1.82, 2.24) is 0 Å². The fourth-order valence-electron chi connectivity index (χ4n) is 3.02. The average Bonchev–Trinajstić information content (AvgIpc) is 3.71. The molecule has 16 heteroatoms. The zero-order valence-corrected chi connectivity index (χ0v) is 34.3. The van der Waals surface area contributed by atoms with E-state index in [9.17, 15) is 0 Å². The Morgan fingerprint density at radius 3 is 1.00 bits per heavy atom. The Bertz CT molecular complexity index is 1230. The quantitative estimate of drug-likeness (QED) is 0.234. The minimum atomic E-state index is 1.06. The molecule has 0 fully saturated rings. The number of hydrogen-bond donors (Lipinski definition) is 0. The molecule has 0 atom stereocenters. The summed E-state index contributed by atoms with van der Waals surface area (Å²) < 4.78 is 20.7. The smallest absolute Gasteiger partial charge is 0.0718 e. The van der Waals surface area contributed by atoms with Gasteiger partial charge in [0.1, 0.15) is 0 Å². The van der Waals surface area contributed by atoms with Gasteiger partial charge in [-0.05, 0) is 40.2 Å². The Hall–Kier alpha value is 3.52. The zero-order chi connectivity index (χ0) is 27.3. The van der Waals surface area contributed by atoms with Crippen LogP contribution in [0.2, 0.25) is 0 Å². The summed E-state index contributed by atoms with van der Waals surface area (Å²) >= 11 is 31.6. The maximum Gasteiger partial charge on any atom is 0.0718 e. The van der Waals surface area contributed by atoms with Crippen molar-refractivity contribution in [2.75, 3.05) is 17.6 Å². The molecule has 0 nitrogen and oxygen atoms in total. The molecular weight excluding hydrogens is 789 g/mol. The molecule has 0 aromatic rings. The van der Waals surface area contributed by atoms with Gasteiger partial charge in [-0.25, -0.2) is 0 Å². The molecule has 39 heavy (non-hydrogen) atoms. The highest BCUT2D eigenvalue weighted by Crippen LogP contribution is 2.72. The molecule has 0 saturated carbocycles. The van der Waals surface area contributed by atoms with Crippen LogP contribution in [-0.2, 0) is 0 Å². The van der Waals surface area contributed by atoms with Crippen molar-refractivity contribution in [3.63, 3.8) is 0 Å². The lowest BCUT2D eigenvalue weighted by atomic mass is 10.4. The summed E-state index contributed by atoms with van der Waals surface area (Å²) in [5, 5.41) is 1.06. The second kappa shape index (κ2) is 14.5. The van der Waals surface area contributed by atoms with Crippen molar-refractivity contribution in [2.24, 2.45) is 0 Å². The van der Waals surface area contributed by atoms with Gasteiger partial charge >= 0.3 is 0 Å². The van der Waals surface area contributed by atoms with E-state index in [2.05, 4.69) is 40.2 Å². The number of thioether (sulfide) groups is 16. The van der Waals surface area contributed by atoms with Crippen molar-refractivity contribution in [3.8, 4) is 0 Å². The summed E-state index contributed by atoms with van der Waals surface area (Å²) in [6, 6.07) is 0. The fraction of sp³-hybridized carbons (Fsp3) is 0.304. The lowest BCUT2D eigenvalue weighted by molar-refractivity contribution is 1.41. The van der Waals surface area contributed by atoms with E-state index in [1.807, 2.05) is 188 Å².